The number of nitrogen functional groups attached to an aromatic ring is 1. The Morgan fingerprint density at radius 3 is 2.74 bits per heavy atom. The number of nitrogens with two attached hydrogens (primary N) is 1. The maximum absolute atomic E-state index is 13.1. The van der Waals surface area contributed by atoms with Crippen LogP contribution in [0.15, 0.2) is 34.8 Å². The van der Waals surface area contributed by atoms with Crippen LogP contribution in [-0.2, 0) is 6.61 Å². The van der Waals surface area contributed by atoms with Crippen LogP contribution in [0.3, 0.4) is 0 Å². The van der Waals surface area contributed by atoms with Crippen molar-refractivity contribution in [2.45, 2.75) is 13.5 Å². The summed E-state index contributed by atoms with van der Waals surface area (Å²) in [7, 11) is 0. The van der Waals surface area contributed by atoms with Gasteiger partial charge in [0.1, 0.15) is 18.2 Å². The van der Waals surface area contributed by atoms with Gasteiger partial charge >= 0.3 is 0 Å². The molecule has 0 amide bonds. The molecule has 2 N–H and O–H groups in total. The van der Waals surface area contributed by atoms with Gasteiger partial charge in [0.2, 0.25) is 0 Å². The molecule has 19 heavy (non-hydrogen) atoms. The minimum Gasteiger partial charge on any atom is -0.486 e. The molecule has 0 bridgehead atoms. The minimum absolute atomic E-state index is 0.170. The maximum Gasteiger partial charge on any atom is 0.145 e. The van der Waals surface area contributed by atoms with Crippen molar-refractivity contribution in [3.63, 3.8) is 0 Å². The predicted octanol–water partition coefficient (Wildman–Crippen LogP) is 4.71. The van der Waals surface area contributed by atoms with E-state index in [1.165, 1.54) is 18.2 Å². The second kappa shape index (κ2) is 5.80. The Bertz CT molecular complexity index is 595. The van der Waals surface area contributed by atoms with Crippen LogP contribution < -0.4 is 10.5 Å². The first kappa shape index (κ1) is 14.2. The highest BCUT2D eigenvalue weighted by Gasteiger charge is 2.09. The molecule has 0 heterocycles. The van der Waals surface area contributed by atoms with Crippen molar-refractivity contribution in [1.82, 2.24) is 0 Å². The largest absolute Gasteiger partial charge is 0.486 e. The molecule has 0 saturated carbocycles. The van der Waals surface area contributed by atoms with Crippen molar-refractivity contribution in [1.29, 1.82) is 0 Å². The van der Waals surface area contributed by atoms with Gasteiger partial charge in [-0.25, -0.2) is 4.39 Å². The highest BCUT2D eigenvalue weighted by molar-refractivity contribution is 9.10. The zero-order chi connectivity index (χ0) is 14.0. The Labute approximate surface area is 124 Å². The van der Waals surface area contributed by atoms with E-state index in [9.17, 15) is 4.39 Å². The zero-order valence-electron chi connectivity index (χ0n) is 10.2. The van der Waals surface area contributed by atoms with Crippen LogP contribution in [0.25, 0.3) is 0 Å². The number of hydrogen-bond acceptors (Lipinski definition) is 2. The lowest BCUT2D eigenvalue weighted by molar-refractivity contribution is 0.305. The summed E-state index contributed by atoms with van der Waals surface area (Å²) in [5, 5.41) is 0.467. The third-order valence-corrected chi connectivity index (χ3v) is 3.47. The smallest absolute Gasteiger partial charge is 0.145 e. The van der Waals surface area contributed by atoms with Crippen LogP contribution >= 0.6 is 27.5 Å². The minimum atomic E-state index is -0.344. The lowest BCUT2D eigenvalue weighted by Crippen LogP contribution is -2.01. The molecule has 0 aliphatic carbocycles. The summed E-state index contributed by atoms with van der Waals surface area (Å²) < 4.78 is 19.7. The number of aryl methyl sites for hydroxylation is 1. The third-order valence-electron chi connectivity index (χ3n) is 2.65. The lowest BCUT2D eigenvalue weighted by atomic mass is 10.2. The van der Waals surface area contributed by atoms with Gasteiger partial charge in [-0.2, -0.15) is 0 Å². The van der Waals surface area contributed by atoms with Gasteiger partial charge in [-0.3, -0.25) is 0 Å². The fourth-order valence-electron chi connectivity index (χ4n) is 1.76. The third kappa shape index (κ3) is 3.39. The highest BCUT2D eigenvalue weighted by atomic mass is 79.9. The summed E-state index contributed by atoms with van der Waals surface area (Å²) in [6.45, 7) is 2.06. The molecule has 2 aromatic carbocycles. The van der Waals surface area contributed by atoms with Crippen LogP contribution in [0.4, 0.5) is 10.1 Å². The quantitative estimate of drug-likeness (QED) is 0.818. The monoisotopic (exact) mass is 343 g/mol. The fraction of sp³-hybridized carbons (Fsp3) is 0.143. The van der Waals surface area contributed by atoms with Gasteiger partial charge < -0.3 is 10.5 Å². The Morgan fingerprint density at radius 2 is 2.05 bits per heavy atom. The molecule has 2 aromatic rings. The lowest BCUT2D eigenvalue weighted by Gasteiger charge is -2.13. The molecule has 0 spiro atoms. The molecule has 0 aliphatic rings. The van der Waals surface area contributed by atoms with E-state index in [2.05, 4.69) is 15.9 Å². The number of rotatable bonds is 3. The highest BCUT2D eigenvalue weighted by Crippen LogP contribution is 2.31. The molecule has 2 rings (SSSR count). The molecule has 100 valence electrons. The second-order valence-corrected chi connectivity index (χ2v) is 5.49. The number of halogens is 3. The van der Waals surface area contributed by atoms with Crippen molar-refractivity contribution in [2.75, 3.05) is 5.73 Å². The number of benzene rings is 2. The van der Waals surface area contributed by atoms with E-state index in [1.54, 1.807) is 6.07 Å². The molecule has 0 unspecified atom stereocenters. The Morgan fingerprint density at radius 1 is 1.32 bits per heavy atom. The summed E-state index contributed by atoms with van der Waals surface area (Å²) in [6.07, 6.45) is 0. The van der Waals surface area contributed by atoms with E-state index in [4.69, 9.17) is 22.1 Å². The standard InChI is InChI=1S/C14H12BrClFNO/c1-8-4-10(15)6-13(18)14(8)19-7-9-5-11(17)2-3-12(9)16/h2-6H,7,18H2,1H3. The van der Waals surface area contributed by atoms with Crippen LogP contribution in [0.5, 0.6) is 5.75 Å². The van der Waals surface area contributed by atoms with E-state index >= 15 is 0 Å². The van der Waals surface area contributed by atoms with Gasteiger partial charge in [-0.05, 0) is 42.8 Å². The average Bonchev–Trinajstić information content (AvgIpc) is 2.32. The zero-order valence-corrected chi connectivity index (χ0v) is 12.6. The summed E-state index contributed by atoms with van der Waals surface area (Å²) >= 11 is 9.34. The molecular formula is C14H12BrClFNO. The molecule has 0 saturated heterocycles. The summed E-state index contributed by atoms with van der Waals surface area (Å²) in [5.74, 6) is 0.243. The molecule has 2 nitrogen and oxygen atoms in total. The topological polar surface area (TPSA) is 35.2 Å². The normalized spacial score (nSPS) is 10.5. The van der Waals surface area contributed by atoms with Crippen molar-refractivity contribution < 1.29 is 9.13 Å². The maximum atomic E-state index is 13.1. The average molecular weight is 345 g/mol. The first-order valence-electron chi connectivity index (χ1n) is 5.59. The van der Waals surface area contributed by atoms with Gasteiger partial charge in [-0.15, -0.1) is 0 Å². The van der Waals surface area contributed by atoms with Crippen LogP contribution in [0.1, 0.15) is 11.1 Å². The van der Waals surface area contributed by atoms with E-state index in [1.807, 2.05) is 13.0 Å². The Balaban J connectivity index is 2.21. The summed E-state index contributed by atoms with van der Waals surface area (Å²) in [5.41, 5.74) is 7.91. The molecule has 5 heteroatoms. The Hall–Kier alpha value is -1.26. The van der Waals surface area contributed by atoms with Crippen LogP contribution in [-0.4, -0.2) is 0 Å². The van der Waals surface area contributed by atoms with E-state index in [-0.39, 0.29) is 12.4 Å². The molecule has 0 radical (unpaired) electrons. The molecule has 0 aromatic heterocycles. The van der Waals surface area contributed by atoms with Gasteiger partial charge in [0, 0.05) is 15.1 Å². The number of ether oxygens (including phenoxy) is 1. The first-order chi connectivity index (χ1) is 8.97. The van der Waals surface area contributed by atoms with Gasteiger partial charge in [-0.1, -0.05) is 27.5 Å². The van der Waals surface area contributed by atoms with Crippen LogP contribution in [0, 0.1) is 12.7 Å². The van der Waals surface area contributed by atoms with Crippen molar-refractivity contribution in [3.05, 3.63) is 56.8 Å². The van der Waals surface area contributed by atoms with Crippen molar-refractivity contribution in [2.24, 2.45) is 0 Å². The van der Waals surface area contributed by atoms with Gasteiger partial charge in [0.25, 0.3) is 0 Å². The fourth-order valence-corrected chi connectivity index (χ4v) is 2.52. The van der Waals surface area contributed by atoms with Crippen LogP contribution in [0.2, 0.25) is 5.02 Å². The second-order valence-electron chi connectivity index (χ2n) is 4.17. The first-order valence-corrected chi connectivity index (χ1v) is 6.77. The summed E-state index contributed by atoms with van der Waals surface area (Å²) in [6, 6.07) is 7.83. The van der Waals surface area contributed by atoms with E-state index in [0.29, 0.717) is 22.0 Å². The van der Waals surface area contributed by atoms with Crippen molar-refractivity contribution >= 4 is 33.2 Å². The number of hydrogen-bond donors (Lipinski definition) is 1. The predicted molar refractivity (Wildman–Crippen MR) is 79.0 cm³/mol. The molecular weight excluding hydrogens is 333 g/mol. The molecule has 0 atom stereocenters. The summed E-state index contributed by atoms with van der Waals surface area (Å²) in [4.78, 5) is 0. The van der Waals surface area contributed by atoms with E-state index in [0.717, 1.165) is 10.0 Å². The van der Waals surface area contributed by atoms with E-state index < -0.39 is 0 Å². The molecule has 0 fully saturated rings. The number of anilines is 1. The molecule has 0 aliphatic heterocycles. The van der Waals surface area contributed by atoms with Crippen molar-refractivity contribution in [3.8, 4) is 5.75 Å². The van der Waals surface area contributed by atoms with Gasteiger partial charge in [0.05, 0.1) is 5.69 Å². The Kier molecular flexibility index (Phi) is 4.32. The van der Waals surface area contributed by atoms with Gasteiger partial charge in [0.15, 0.2) is 0 Å². The SMILES string of the molecule is Cc1cc(Br)cc(N)c1OCc1cc(F)ccc1Cl.